The van der Waals surface area contributed by atoms with E-state index in [0.29, 0.717) is 24.4 Å². The molecule has 1 saturated carbocycles. The average molecular weight is 367 g/mol. The smallest absolute Gasteiger partial charge is 0.254 e. The molecule has 1 amide bonds. The Kier molecular flexibility index (Phi) is 5.09. The van der Waals surface area contributed by atoms with Crippen molar-refractivity contribution in [3.8, 4) is 5.75 Å². The van der Waals surface area contributed by atoms with Gasteiger partial charge in [0, 0.05) is 44.4 Å². The predicted octanol–water partition coefficient (Wildman–Crippen LogP) is 2.27. The average Bonchev–Trinajstić information content (AvgIpc) is 3.57. The second-order valence-electron chi connectivity index (χ2n) is 7.10. The van der Waals surface area contributed by atoms with Crippen LogP contribution in [0.15, 0.2) is 36.7 Å². The van der Waals surface area contributed by atoms with Crippen molar-refractivity contribution < 1.29 is 9.53 Å². The summed E-state index contributed by atoms with van der Waals surface area (Å²) in [7, 11) is 1.61. The van der Waals surface area contributed by atoms with Gasteiger partial charge in [-0.15, -0.1) is 0 Å². The van der Waals surface area contributed by atoms with Crippen LogP contribution in [0.2, 0.25) is 0 Å². The first-order valence-corrected chi connectivity index (χ1v) is 9.47. The van der Waals surface area contributed by atoms with Gasteiger partial charge in [0.25, 0.3) is 5.91 Å². The quantitative estimate of drug-likeness (QED) is 0.845. The highest BCUT2D eigenvalue weighted by Gasteiger charge is 2.24. The predicted molar refractivity (Wildman–Crippen MR) is 104 cm³/mol. The van der Waals surface area contributed by atoms with Crippen LogP contribution >= 0.6 is 0 Å². The van der Waals surface area contributed by atoms with Crippen LogP contribution in [-0.4, -0.2) is 60.6 Å². The number of hydrogen-bond acceptors (Lipinski definition) is 6. The van der Waals surface area contributed by atoms with Gasteiger partial charge in [-0.3, -0.25) is 4.79 Å². The molecule has 1 saturated heterocycles. The molecule has 7 heteroatoms. The molecule has 0 atom stereocenters. The van der Waals surface area contributed by atoms with Gasteiger partial charge in [-0.25, -0.2) is 9.97 Å². The third-order valence-electron chi connectivity index (χ3n) is 5.13. The monoisotopic (exact) mass is 367 g/mol. The van der Waals surface area contributed by atoms with Crippen LogP contribution in [0.3, 0.4) is 0 Å². The summed E-state index contributed by atoms with van der Waals surface area (Å²) in [6.45, 7) is 3.85. The number of anilines is 2. The lowest BCUT2D eigenvalue weighted by Gasteiger charge is -2.35. The van der Waals surface area contributed by atoms with Gasteiger partial charge in [0.15, 0.2) is 0 Å². The largest absolute Gasteiger partial charge is 0.497 e. The van der Waals surface area contributed by atoms with Gasteiger partial charge >= 0.3 is 0 Å². The minimum Gasteiger partial charge on any atom is -0.497 e. The van der Waals surface area contributed by atoms with Crippen molar-refractivity contribution in [1.29, 1.82) is 0 Å². The van der Waals surface area contributed by atoms with E-state index in [9.17, 15) is 4.79 Å². The van der Waals surface area contributed by atoms with Crippen LogP contribution in [0.5, 0.6) is 5.75 Å². The van der Waals surface area contributed by atoms with Crippen molar-refractivity contribution in [2.45, 2.75) is 12.8 Å². The Hall–Kier alpha value is -2.83. The molecule has 1 aliphatic heterocycles. The number of carbonyl (C=O) groups is 1. The SMILES string of the molecule is COc1cccc(C(=O)N2CCN(c3cc(NCC4CC4)ncn3)CC2)c1. The number of aromatic nitrogens is 2. The van der Waals surface area contributed by atoms with Crippen LogP contribution in [0.1, 0.15) is 23.2 Å². The summed E-state index contributed by atoms with van der Waals surface area (Å²) < 4.78 is 5.22. The van der Waals surface area contributed by atoms with E-state index in [0.717, 1.165) is 37.2 Å². The Morgan fingerprint density at radius 3 is 2.74 bits per heavy atom. The zero-order valence-electron chi connectivity index (χ0n) is 15.6. The first kappa shape index (κ1) is 17.6. The number of nitrogens with one attached hydrogen (secondary N) is 1. The molecule has 1 aromatic heterocycles. The molecule has 2 fully saturated rings. The standard InChI is InChI=1S/C20H25N5O2/c1-27-17-4-2-3-16(11-17)20(26)25-9-7-24(8-10-25)19-12-18(22-14-23-19)21-13-15-5-6-15/h2-4,11-12,14-15H,5-10,13H2,1H3,(H,21,22,23). The Morgan fingerprint density at radius 2 is 2.00 bits per heavy atom. The zero-order chi connectivity index (χ0) is 18.6. The highest BCUT2D eigenvalue weighted by Crippen LogP contribution is 2.29. The fourth-order valence-corrected chi connectivity index (χ4v) is 3.26. The fourth-order valence-electron chi connectivity index (χ4n) is 3.26. The van der Waals surface area contributed by atoms with Crippen LogP contribution in [-0.2, 0) is 0 Å². The lowest BCUT2D eigenvalue weighted by Crippen LogP contribution is -2.49. The lowest BCUT2D eigenvalue weighted by atomic mass is 10.1. The number of ether oxygens (including phenoxy) is 1. The van der Waals surface area contributed by atoms with E-state index in [-0.39, 0.29) is 5.91 Å². The molecule has 4 rings (SSSR count). The minimum absolute atomic E-state index is 0.0445. The molecule has 2 aliphatic rings. The number of benzene rings is 1. The fraction of sp³-hybridized carbons (Fsp3) is 0.450. The molecule has 27 heavy (non-hydrogen) atoms. The van der Waals surface area contributed by atoms with Crippen LogP contribution in [0.25, 0.3) is 0 Å². The number of amides is 1. The molecule has 0 spiro atoms. The molecular formula is C20H25N5O2. The maximum absolute atomic E-state index is 12.7. The second-order valence-corrected chi connectivity index (χ2v) is 7.10. The van der Waals surface area contributed by atoms with Gasteiger partial charge in [-0.05, 0) is 37.0 Å². The summed E-state index contributed by atoms with van der Waals surface area (Å²) in [5.41, 5.74) is 0.663. The third-order valence-corrected chi connectivity index (χ3v) is 5.13. The highest BCUT2D eigenvalue weighted by molar-refractivity contribution is 5.94. The van der Waals surface area contributed by atoms with Crippen molar-refractivity contribution in [1.82, 2.24) is 14.9 Å². The summed E-state index contributed by atoms with van der Waals surface area (Å²) in [6, 6.07) is 9.32. The highest BCUT2D eigenvalue weighted by atomic mass is 16.5. The minimum atomic E-state index is 0.0445. The van der Waals surface area contributed by atoms with E-state index >= 15 is 0 Å². The van der Waals surface area contributed by atoms with Gasteiger partial charge in [0.05, 0.1) is 7.11 Å². The molecule has 2 heterocycles. The van der Waals surface area contributed by atoms with Gasteiger partial charge < -0.3 is 19.9 Å². The van der Waals surface area contributed by atoms with Crippen molar-refractivity contribution in [2.75, 3.05) is 50.1 Å². The normalized spacial score (nSPS) is 16.9. The zero-order valence-corrected chi connectivity index (χ0v) is 15.6. The van der Waals surface area contributed by atoms with Crippen molar-refractivity contribution in [2.24, 2.45) is 5.92 Å². The molecule has 1 aromatic carbocycles. The van der Waals surface area contributed by atoms with Gasteiger partial charge in [0.2, 0.25) is 0 Å². The number of methoxy groups -OCH3 is 1. The summed E-state index contributed by atoms with van der Waals surface area (Å²) in [6.07, 6.45) is 4.24. The number of nitrogens with zero attached hydrogens (tertiary/aromatic N) is 4. The molecular weight excluding hydrogens is 342 g/mol. The van der Waals surface area contributed by atoms with Crippen LogP contribution < -0.4 is 15.0 Å². The number of hydrogen-bond donors (Lipinski definition) is 1. The van der Waals surface area contributed by atoms with Gasteiger partial charge in [-0.1, -0.05) is 6.07 Å². The number of piperazine rings is 1. The topological polar surface area (TPSA) is 70.6 Å². The van der Waals surface area contributed by atoms with Gasteiger partial charge in [-0.2, -0.15) is 0 Å². The molecule has 0 bridgehead atoms. The van der Waals surface area contributed by atoms with Crippen LogP contribution in [0, 0.1) is 5.92 Å². The maximum atomic E-state index is 12.7. The number of rotatable bonds is 6. The van der Waals surface area contributed by atoms with Gasteiger partial charge in [0.1, 0.15) is 23.7 Å². The Bertz CT molecular complexity index is 800. The van der Waals surface area contributed by atoms with E-state index in [1.54, 1.807) is 19.5 Å². The maximum Gasteiger partial charge on any atom is 0.254 e. The third kappa shape index (κ3) is 4.30. The van der Waals surface area contributed by atoms with Crippen molar-refractivity contribution >= 4 is 17.5 Å². The van der Waals surface area contributed by atoms with E-state index in [4.69, 9.17) is 4.74 Å². The molecule has 2 aromatic rings. The molecule has 1 aliphatic carbocycles. The lowest BCUT2D eigenvalue weighted by molar-refractivity contribution is 0.0746. The van der Waals surface area contributed by atoms with Crippen molar-refractivity contribution in [3.63, 3.8) is 0 Å². The Morgan fingerprint density at radius 1 is 1.19 bits per heavy atom. The first-order valence-electron chi connectivity index (χ1n) is 9.47. The first-order chi connectivity index (χ1) is 13.2. The molecule has 142 valence electrons. The molecule has 7 nitrogen and oxygen atoms in total. The number of carbonyl (C=O) groups excluding carboxylic acids is 1. The Labute approximate surface area is 159 Å². The molecule has 0 radical (unpaired) electrons. The van der Waals surface area contributed by atoms with Crippen LogP contribution in [0.4, 0.5) is 11.6 Å². The summed E-state index contributed by atoms with van der Waals surface area (Å²) in [4.78, 5) is 25.6. The Balaban J connectivity index is 1.35. The van der Waals surface area contributed by atoms with Crippen molar-refractivity contribution in [3.05, 3.63) is 42.2 Å². The molecule has 0 unspecified atom stereocenters. The summed E-state index contributed by atoms with van der Waals surface area (Å²) in [5.74, 6) is 3.34. The summed E-state index contributed by atoms with van der Waals surface area (Å²) >= 11 is 0. The van der Waals surface area contributed by atoms with E-state index < -0.39 is 0 Å². The molecule has 1 N–H and O–H groups in total. The second kappa shape index (κ2) is 7.82. The van der Waals surface area contributed by atoms with E-state index in [1.807, 2.05) is 29.2 Å². The summed E-state index contributed by atoms with van der Waals surface area (Å²) in [5, 5.41) is 3.39. The van der Waals surface area contributed by atoms with E-state index in [2.05, 4.69) is 20.2 Å². The van der Waals surface area contributed by atoms with E-state index in [1.165, 1.54) is 12.8 Å².